The zero-order valence-electron chi connectivity index (χ0n) is 16.0. The van der Waals surface area contributed by atoms with Gasteiger partial charge >= 0.3 is 6.03 Å². The molecule has 0 spiro atoms. The minimum atomic E-state index is 0.0957. The molecule has 0 bridgehead atoms. The summed E-state index contributed by atoms with van der Waals surface area (Å²) in [6.45, 7) is 4.15. The third-order valence-electron chi connectivity index (χ3n) is 6.51. The molecule has 3 aliphatic rings. The van der Waals surface area contributed by atoms with Crippen molar-refractivity contribution in [2.24, 2.45) is 11.8 Å². The molecule has 0 radical (unpaired) electrons. The van der Waals surface area contributed by atoms with Crippen LogP contribution in [-0.2, 0) is 9.47 Å². The first-order valence-electron chi connectivity index (χ1n) is 10.4. The van der Waals surface area contributed by atoms with E-state index in [0.717, 1.165) is 25.2 Å². The summed E-state index contributed by atoms with van der Waals surface area (Å²) in [6, 6.07) is 0.502. The molecule has 0 aromatic carbocycles. The highest BCUT2D eigenvalue weighted by atomic mass is 16.5. The van der Waals surface area contributed by atoms with Crippen molar-refractivity contribution >= 4 is 6.03 Å². The van der Waals surface area contributed by atoms with E-state index < -0.39 is 0 Å². The molecule has 3 fully saturated rings. The predicted molar refractivity (Wildman–Crippen MR) is 98.6 cm³/mol. The van der Waals surface area contributed by atoms with Crippen LogP contribution in [0.15, 0.2) is 0 Å². The minimum Gasteiger partial charge on any atom is -0.381 e. The van der Waals surface area contributed by atoms with Gasteiger partial charge in [-0.25, -0.2) is 4.79 Å². The quantitative estimate of drug-likeness (QED) is 0.823. The number of methoxy groups -OCH3 is 1. The number of nitrogens with one attached hydrogen (secondary N) is 1. The number of rotatable bonds is 5. The van der Waals surface area contributed by atoms with Crippen molar-refractivity contribution in [1.29, 1.82) is 0 Å². The van der Waals surface area contributed by atoms with E-state index in [9.17, 15) is 4.79 Å². The summed E-state index contributed by atoms with van der Waals surface area (Å²) in [7, 11) is 1.79. The molecule has 1 N–H and O–H groups in total. The lowest BCUT2D eigenvalue weighted by atomic mass is 9.85. The van der Waals surface area contributed by atoms with Crippen LogP contribution < -0.4 is 5.32 Å². The second kappa shape index (κ2) is 9.22. The third kappa shape index (κ3) is 4.88. The molecule has 2 aliphatic carbocycles. The van der Waals surface area contributed by atoms with Gasteiger partial charge in [0, 0.05) is 25.6 Å². The Morgan fingerprint density at radius 3 is 2.76 bits per heavy atom. The summed E-state index contributed by atoms with van der Waals surface area (Å²) in [5.74, 6) is 1.20. The largest absolute Gasteiger partial charge is 0.381 e. The molecule has 1 heterocycles. The lowest BCUT2D eigenvalue weighted by molar-refractivity contribution is -0.0403. The van der Waals surface area contributed by atoms with Gasteiger partial charge in [-0.2, -0.15) is 0 Å². The molecule has 1 aliphatic heterocycles. The highest BCUT2D eigenvalue weighted by Gasteiger charge is 2.40. The molecule has 25 heavy (non-hydrogen) atoms. The first-order valence-corrected chi connectivity index (χ1v) is 10.4. The average Bonchev–Trinajstić information content (AvgIpc) is 3.11. The van der Waals surface area contributed by atoms with Crippen molar-refractivity contribution in [2.45, 2.75) is 82.9 Å². The smallest absolute Gasteiger partial charge is 0.318 e. The maximum Gasteiger partial charge on any atom is 0.318 e. The average molecular weight is 353 g/mol. The number of carbonyl (C=O) groups excluding carboxylic acids is 1. The summed E-state index contributed by atoms with van der Waals surface area (Å²) in [4.78, 5) is 15.0. The van der Waals surface area contributed by atoms with Crippen molar-refractivity contribution in [1.82, 2.24) is 10.2 Å². The van der Waals surface area contributed by atoms with Crippen molar-refractivity contribution in [2.75, 3.05) is 26.9 Å². The predicted octanol–water partition coefficient (Wildman–Crippen LogP) is 3.57. The number of carbonyl (C=O) groups is 1. The summed E-state index contributed by atoms with van der Waals surface area (Å²) < 4.78 is 11.4. The van der Waals surface area contributed by atoms with Crippen LogP contribution in [0.5, 0.6) is 0 Å². The number of nitrogens with zero attached hydrogens (tertiary/aromatic N) is 1. The van der Waals surface area contributed by atoms with E-state index in [0.29, 0.717) is 25.7 Å². The van der Waals surface area contributed by atoms with Crippen LogP contribution in [0.1, 0.15) is 64.7 Å². The molecule has 5 heteroatoms. The Bertz CT molecular complexity index is 425. The SMILES string of the molecule is COC1CCCC1C1COCCN1C(=O)N[C@H](C)CC1CCCCC1. The molecule has 2 amide bonds. The van der Waals surface area contributed by atoms with Crippen molar-refractivity contribution < 1.29 is 14.3 Å². The fourth-order valence-electron chi connectivity index (χ4n) is 5.19. The molecule has 2 saturated carbocycles. The number of amides is 2. The molecule has 4 atom stereocenters. The van der Waals surface area contributed by atoms with E-state index >= 15 is 0 Å². The molecular weight excluding hydrogens is 316 g/mol. The van der Waals surface area contributed by atoms with Crippen LogP contribution in [0.3, 0.4) is 0 Å². The van der Waals surface area contributed by atoms with Crippen molar-refractivity contribution in [3.63, 3.8) is 0 Å². The highest BCUT2D eigenvalue weighted by molar-refractivity contribution is 5.75. The zero-order valence-corrected chi connectivity index (χ0v) is 16.0. The summed E-state index contributed by atoms with van der Waals surface area (Å²) in [6.07, 6.45) is 11.6. The topological polar surface area (TPSA) is 50.8 Å². The fourth-order valence-corrected chi connectivity index (χ4v) is 5.19. The Hall–Kier alpha value is -0.810. The van der Waals surface area contributed by atoms with Gasteiger partial charge in [0.1, 0.15) is 0 Å². The Morgan fingerprint density at radius 2 is 2.00 bits per heavy atom. The van der Waals surface area contributed by atoms with Crippen LogP contribution in [0, 0.1) is 11.8 Å². The van der Waals surface area contributed by atoms with Gasteiger partial charge in [-0.3, -0.25) is 0 Å². The number of hydrogen-bond acceptors (Lipinski definition) is 3. The van der Waals surface area contributed by atoms with Crippen LogP contribution in [0.4, 0.5) is 4.79 Å². The van der Waals surface area contributed by atoms with Gasteiger partial charge in [-0.1, -0.05) is 38.5 Å². The molecular formula is C20H36N2O3. The molecule has 3 unspecified atom stereocenters. The minimum absolute atomic E-state index is 0.0957. The third-order valence-corrected chi connectivity index (χ3v) is 6.51. The molecule has 5 nitrogen and oxygen atoms in total. The number of urea groups is 1. The summed E-state index contributed by atoms with van der Waals surface area (Å²) in [5.41, 5.74) is 0. The first-order chi connectivity index (χ1) is 12.2. The maximum absolute atomic E-state index is 12.9. The Morgan fingerprint density at radius 1 is 1.20 bits per heavy atom. The zero-order chi connectivity index (χ0) is 17.6. The lowest BCUT2D eigenvalue weighted by Crippen LogP contribution is -2.57. The molecule has 144 valence electrons. The van der Waals surface area contributed by atoms with E-state index in [2.05, 4.69) is 12.2 Å². The van der Waals surface area contributed by atoms with Gasteiger partial charge in [-0.05, 0) is 32.1 Å². The van der Waals surface area contributed by atoms with Crippen LogP contribution in [0.25, 0.3) is 0 Å². The highest BCUT2D eigenvalue weighted by Crippen LogP contribution is 2.34. The molecule has 1 saturated heterocycles. The van der Waals surface area contributed by atoms with Crippen LogP contribution >= 0.6 is 0 Å². The van der Waals surface area contributed by atoms with Crippen LogP contribution in [-0.4, -0.2) is 56.0 Å². The van der Waals surface area contributed by atoms with Gasteiger partial charge in [0.05, 0.1) is 25.4 Å². The molecule has 3 rings (SSSR count). The molecule has 0 aromatic rings. The van der Waals surface area contributed by atoms with Crippen LogP contribution in [0.2, 0.25) is 0 Å². The molecule has 0 aromatic heterocycles. The van der Waals surface area contributed by atoms with E-state index in [-0.39, 0.29) is 24.2 Å². The Balaban J connectivity index is 1.54. The van der Waals surface area contributed by atoms with E-state index in [1.54, 1.807) is 7.11 Å². The Kier molecular flexibility index (Phi) is 7.00. The van der Waals surface area contributed by atoms with E-state index in [1.165, 1.54) is 38.5 Å². The maximum atomic E-state index is 12.9. The van der Waals surface area contributed by atoms with Gasteiger partial charge < -0.3 is 19.7 Å². The van der Waals surface area contributed by atoms with E-state index in [1.807, 2.05) is 4.90 Å². The normalized spacial score (nSPS) is 32.6. The van der Waals surface area contributed by atoms with Gasteiger partial charge in [0.15, 0.2) is 0 Å². The number of morpholine rings is 1. The second-order valence-electron chi connectivity index (χ2n) is 8.29. The first kappa shape index (κ1) is 19.0. The van der Waals surface area contributed by atoms with Gasteiger partial charge in [0.25, 0.3) is 0 Å². The van der Waals surface area contributed by atoms with Crippen molar-refractivity contribution in [3.8, 4) is 0 Å². The van der Waals surface area contributed by atoms with Gasteiger partial charge in [-0.15, -0.1) is 0 Å². The van der Waals surface area contributed by atoms with E-state index in [4.69, 9.17) is 9.47 Å². The standard InChI is InChI=1S/C20H36N2O3/c1-15(13-16-7-4-3-5-8-16)21-20(23)22-11-12-25-14-18(22)17-9-6-10-19(17)24-2/h15-19H,3-14H2,1-2H3,(H,21,23)/t15-,17?,18?,19?/m1/s1. The second-order valence-corrected chi connectivity index (χ2v) is 8.29. The monoisotopic (exact) mass is 352 g/mol. The Labute approximate surface area is 152 Å². The lowest BCUT2D eigenvalue weighted by Gasteiger charge is -2.41. The summed E-state index contributed by atoms with van der Waals surface area (Å²) in [5, 5.41) is 3.27. The number of hydrogen-bond donors (Lipinski definition) is 1. The van der Waals surface area contributed by atoms with Gasteiger partial charge in [0.2, 0.25) is 0 Å². The number of ether oxygens (including phenoxy) is 2. The fraction of sp³-hybridized carbons (Fsp3) is 0.950. The summed E-state index contributed by atoms with van der Waals surface area (Å²) >= 11 is 0. The van der Waals surface area contributed by atoms with Crippen molar-refractivity contribution in [3.05, 3.63) is 0 Å².